The van der Waals surface area contributed by atoms with E-state index in [4.69, 9.17) is 4.74 Å². The Kier molecular flexibility index (Phi) is 5.26. The van der Waals surface area contributed by atoms with E-state index >= 15 is 0 Å². The molecule has 1 atom stereocenters. The maximum Gasteiger partial charge on any atom is 0.269 e. The molecule has 0 saturated heterocycles. The zero-order valence-corrected chi connectivity index (χ0v) is 18.1. The summed E-state index contributed by atoms with van der Waals surface area (Å²) in [5, 5.41) is 11.1. The van der Waals surface area contributed by atoms with Crippen molar-refractivity contribution < 1.29 is 14.5 Å². The second-order valence-corrected chi connectivity index (χ2v) is 8.18. The molecule has 0 fully saturated rings. The summed E-state index contributed by atoms with van der Waals surface area (Å²) in [7, 11) is 0. The number of hydrogen-bond donors (Lipinski definition) is 0. The highest BCUT2D eigenvalue weighted by molar-refractivity contribution is 6.09. The van der Waals surface area contributed by atoms with E-state index in [0.29, 0.717) is 24.4 Å². The molecule has 164 valence electrons. The zero-order valence-electron chi connectivity index (χ0n) is 18.1. The molecule has 33 heavy (non-hydrogen) atoms. The Balaban J connectivity index is 1.71. The van der Waals surface area contributed by atoms with Crippen LogP contribution in [0.1, 0.15) is 29.2 Å². The maximum absolute atomic E-state index is 13.7. The largest absolute Gasteiger partial charge is 0.492 e. The van der Waals surface area contributed by atoms with Gasteiger partial charge in [0.05, 0.1) is 23.1 Å². The van der Waals surface area contributed by atoms with Crippen LogP contribution in [0.5, 0.6) is 0 Å². The minimum absolute atomic E-state index is 0.0361. The molecule has 5 rings (SSSR count). The minimum Gasteiger partial charge on any atom is -0.492 e. The van der Waals surface area contributed by atoms with Crippen molar-refractivity contribution in [3.63, 3.8) is 0 Å². The van der Waals surface area contributed by atoms with Gasteiger partial charge in [0, 0.05) is 29.8 Å². The fourth-order valence-corrected chi connectivity index (χ4v) is 4.39. The number of carbonyl (C=O) groups excluding carboxylic acids is 1. The number of hydrogen-bond acceptors (Lipinski definition) is 4. The Labute approximate surface area is 191 Å². The predicted octanol–water partition coefficient (Wildman–Crippen LogP) is 5.75. The van der Waals surface area contributed by atoms with Crippen molar-refractivity contribution in [1.29, 1.82) is 0 Å². The second kappa shape index (κ2) is 8.39. The van der Waals surface area contributed by atoms with Crippen LogP contribution in [-0.4, -0.2) is 17.4 Å². The van der Waals surface area contributed by atoms with Gasteiger partial charge in [0.1, 0.15) is 5.76 Å². The molecule has 6 heteroatoms. The maximum atomic E-state index is 13.7. The van der Waals surface area contributed by atoms with Gasteiger partial charge in [0.25, 0.3) is 11.6 Å². The average molecular weight is 438 g/mol. The third kappa shape index (κ3) is 3.80. The number of anilines is 1. The van der Waals surface area contributed by atoms with Crippen LogP contribution < -0.4 is 4.90 Å². The standard InChI is InChI=1S/C27H22N2O4/c1-18-7-11-20(12-8-18)25-24(17-19-9-13-22(14-10-19)29(31)32)26-23(15-16-33-26)27(30)28(25)21-5-3-2-4-6-21/h2-14,17,25H,15-16H2,1H3/b24-17-. The molecule has 0 bridgehead atoms. The first-order valence-corrected chi connectivity index (χ1v) is 10.8. The van der Waals surface area contributed by atoms with Crippen molar-refractivity contribution in [2.75, 3.05) is 11.5 Å². The molecular formula is C27H22N2O4. The Morgan fingerprint density at radius 2 is 1.70 bits per heavy atom. The van der Waals surface area contributed by atoms with Crippen LogP contribution in [0.3, 0.4) is 0 Å². The van der Waals surface area contributed by atoms with Gasteiger partial charge in [-0.05, 0) is 48.4 Å². The molecule has 2 aliphatic heterocycles. The van der Waals surface area contributed by atoms with E-state index in [1.807, 2.05) is 72.5 Å². The van der Waals surface area contributed by atoms with Crippen LogP contribution in [0.4, 0.5) is 11.4 Å². The number of non-ortho nitro benzene ring substituents is 1. The lowest BCUT2D eigenvalue weighted by molar-refractivity contribution is -0.384. The van der Waals surface area contributed by atoms with Crippen LogP contribution in [-0.2, 0) is 9.53 Å². The number of amides is 1. The fourth-order valence-electron chi connectivity index (χ4n) is 4.39. The van der Waals surface area contributed by atoms with Gasteiger partial charge in [-0.25, -0.2) is 0 Å². The predicted molar refractivity (Wildman–Crippen MR) is 127 cm³/mol. The van der Waals surface area contributed by atoms with Gasteiger partial charge in [-0.2, -0.15) is 0 Å². The summed E-state index contributed by atoms with van der Waals surface area (Å²) in [5.74, 6) is 0.566. The second-order valence-electron chi connectivity index (χ2n) is 8.18. The van der Waals surface area contributed by atoms with Crippen molar-refractivity contribution in [1.82, 2.24) is 0 Å². The lowest BCUT2D eigenvalue weighted by Crippen LogP contribution is -2.40. The molecule has 6 nitrogen and oxygen atoms in total. The van der Waals surface area contributed by atoms with E-state index in [0.717, 1.165) is 28.0 Å². The summed E-state index contributed by atoms with van der Waals surface area (Å²) in [4.78, 5) is 26.1. The third-order valence-electron chi connectivity index (χ3n) is 6.02. The number of rotatable bonds is 4. The highest BCUT2D eigenvalue weighted by Gasteiger charge is 2.42. The van der Waals surface area contributed by atoms with E-state index < -0.39 is 11.0 Å². The molecule has 0 aliphatic carbocycles. The molecule has 2 heterocycles. The van der Waals surface area contributed by atoms with E-state index in [2.05, 4.69) is 0 Å². The van der Waals surface area contributed by atoms with E-state index in [9.17, 15) is 14.9 Å². The lowest BCUT2D eigenvalue weighted by Gasteiger charge is -2.38. The van der Waals surface area contributed by atoms with Crippen LogP contribution in [0.15, 0.2) is 95.8 Å². The minimum atomic E-state index is -0.414. The summed E-state index contributed by atoms with van der Waals surface area (Å²) < 4.78 is 5.99. The van der Waals surface area contributed by atoms with Gasteiger partial charge in [0.15, 0.2) is 0 Å². The molecule has 2 aliphatic rings. The topological polar surface area (TPSA) is 72.7 Å². The molecule has 0 aromatic heterocycles. The molecule has 1 amide bonds. The first-order chi connectivity index (χ1) is 16.0. The van der Waals surface area contributed by atoms with Crippen LogP contribution in [0, 0.1) is 17.0 Å². The number of aryl methyl sites for hydroxylation is 1. The fraction of sp³-hybridized carbons (Fsp3) is 0.148. The molecule has 0 saturated carbocycles. The smallest absolute Gasteiger partial charge is 0.269 e. The van der Waals surface area contributed by atoms with Gasteiger partial charge in [-0.1, -0.05) is 48.0 Å². The average Bonchev–Trinajstić information content (AvgIpc) is 3.33. The van der Waals surface area contributed by atoms with Crippen molar-refractivity contribution in [2.45, 2.75) is 19.4 Å². The number of nitro benzene ring substituents is 1. The van der Waals surface area contributed by atoms with E-state index in [-0.39, 0.29) is 11.6 Å². The van der Waals surface area contributed by atoms with Crippen molar-refractivity contribution in [2.24, 2.45) is 0 Å². The third-order valence-corrected chi connectivity index (χ3v) is 6.02. The zero-order chi connectivity index (χ0) is 22.9. The monoisotopic (exact) mass is 438 g/mol. The normalized spacial score (nSPS) is 18.9. The summed E-state index contributed by atoms with van der Waals surface area (Å²) >= 11 is 0. The SMILES string of the molecule is Cc1ccc(C2/C(=C/c3ccc([N+](=O)[O-])cc3)C3=C(CCO3)C(=O)N2c2ccccc2)cc1. The Morgan fingerprint density at radius 3 is 2.36 bits per heavy atom. The molecule has 0 N–H and O–H groups in total. The summed E-state index contributed by atoms with van der Waals surface area (Å²) in [5.41, 5.74) is 5.27. The van der Waals surface area contributed by atoms with Gasteiger partial charge in [-0.3, -0.25) is 19.8 Å². The molecular weight excluding hydrogens is 416 g/mol. The number of nitro groups is 1. The number of ether oxygens (including phenoxy) is 1. The summed E-state index contributed by atoms with van der Waals surface area (Å²) in [6, 6.07) is 23.8. The summed E-state index contributed by atoms with van der Waals surface area (Å²) in [6.07, 6.45) is 2.52. The van der Waals surface area contributed by atoms with Crippen LogP contribution in [0.2, 0.25) is 0 Å². The highest BCUT2D eigenvalue weighted by Crippen LogP contribution is 2.46. The highest BCUT2D eigenvalue weighted by atomic mass is 16.6. The number of carbonyl (C=O) groups is 1. The van der Waals surface area contributed by atoms with E-state index in [1.165, 1.54) is 12.1 Å². The number of nitrogens with zero attached hydrogens (tertiary/aromatic N) is 2. The van der Waals surface area contributed by atoms with Crippen molar-refractivity contribution >= 4 is 23.4 Å². The quantitative estimate of drug-likeness (QED) is 0.384. The van der Waals surface area contributed by atoms with Gasteiger partial charge >= 0.3 is 0 Å². The summed E-state index contributed by atoms with van der Waals surface area (Å²) in [6.45, 7) is 2.48. The first kappa shape index (κ1) is 20.7. The Morgan fingerprint density at radius 1 is 1.00 bits per heavy atom. The van der Waals surface area contributed by atoms with Gasteiger partial charge in [0.2, 0.25) is 0 Å². The Bertz CT molecular complexity index is 1280. The van der Waals surface area contributed by atoms with Gasteiger partial charge < -0.3 is 4.74 Å². The van der Waals surface area contributed by atoms with Crippen molar-refractivity contribution in [3.05, 3.63) is 123 Å². The van der Waals surface area contributed by atoms with Gasteiger partial charge in [-0.15, -0.1) is 0 Å². The molecule has 0 radical (unpaired) electrons. The van der Waals surface area contributed by atoms with Crippen LogP contribution >= 0.6 is 0 Å². The van der Waals surface area contributed by atoms with Crippen molar-refractivity contribution in [3.8, 4) is 0 Å². The Hall–Kier alpha value is -4.19. The lowest BCUT2D eigenvalue weighted by atomic mass is 9.87. The molecule has 3 aromatic rings. The van der Waals surface area contributed by atoms with E-state index in [1.54, 1.807) is 12.1 Å². The number of benzene rings is 3. The van der Waals surface area contributed by atoms with Crippen LogP contribution in [0.25, 0.3) is 6.08 Å². The number of para-hydroxylation sites is 1. The molecule has 1 unspecified atom stereocenters. The first-order valence-electron chi connectivity index (χ1n) is 10.8. The molecule has 3 aromatic carbocycles. The molecule has 0 spiro atoms.